The van der Waals surface area contributed by atoms with Crippen LogP contribution >= 0.6 is 0 Å². The van der Waals surface area contributed by atoms with Gasteiger partial charge in [0.15, 0.2) is 5.84 Å². The second-order valence-electron chi connectivity index (χ2n) is 3.95. The number of oxime groups is 1. The molecule has 0 aromatic heterocycles. The molecule has 0 aliphatic carbocycles. The number of aliphatic hydroxyl groups is 1. The van der Waals surface area contributed by atoms with E-state index in [0.717, 1.165) is 13.0 Å². The van der Waals surface area contributed by atoms with E-state index >= 15 is 0 Å². The molecule has 0 radical (unpaired) electrons. The molecule has 3 unspecified atom stereocenters. The predicted octanol–water partition coefficient (Wildman–Crippen LogP) is -0.176. The van der Waals surface area contributed by atoms with Crippen LogP contribution in [0.5, 0.6) is 0 Å². The summed E-state index contributed by atoms with van der Waals surface area (Å²) >= 11 is 0. The second-order valence-corrected chi connectivity index (χ2v) is 3.95. The van der Waals surface area contributed by atoms with Crippen molar-refractivity contribution in [1.29, 1.82) is 0 Å². The maximum Gasteiger partial charge on any atom is 0.156 e. The lowest BCUT2D eigenvalue weighted by Crippen LogP contribution is -2.43. The van der Waals surface area contributed by atoms with Gasteiger partial charge in [-0.25, -0.2) is 0 Å². The molecule has 0 bridgehead atoms. The number of nitrogens with two attached hydrogens (primary N) is 1. The van der Waals surface area contributed by atoms with E-state index in [1.165, 1.54) is 0 Å². The van der Waals surface area contributed by atoms with E-state index in [-0.39, 0.29) is 23.9 Å². The number of hydrogen-bond acceptors (Lipinski definition) is 4. The van der Waals surface area contributed by atoms with E-state index < -0.39 is 0 Å². The van der Waals surface area contributed by atoms with Gasteiger partial charge in [0, 0.05) is 13.1 Å². The van der Waals surface area contributed by atoms with Crippen LogP contribution in [0.4, 0.5) is 0 Å². The predicted molar refractivity (Wildman–Crippen MR) is 54.2 cm³/mol. The third-order valence-corrected chi connectivity index (χ3v) is 2.89. The quantitative estimate of drug-likeness (QED) is 0.256. The summed E-state index contributed by atoms with van der Waals surface area (Å²) in [6.45, 7) is 5.40. The van der Waals surface area contributed by atoms with E-state index in [4.69, 9.17) is 10.9 Å². The maximum absolute atomic E-state index is 9.58. The summed E-state index contributed by atoms with van der Waals surface area (Å²) in [5, 5.41) is 21.2. The van der Waals surface area contributed by atoms with Gasteiger partial charge < -0.3 is 16.0 Å². The highest BCUT2D eigenvalue weighted by atomic mass is 16.4. The molecule has 5 nitrogen and oxygen atoms in total. The number of hydrogen-bond donors (Lipinski definition) is 3. The summed E-state index contributed by atoms with van der Waals surface area (Å²) in [5.74, 6) is 0.490. The fraction of sp³-hybridized carbons (Fsp3) is 0.889. The van der Waals surface area contributed by atoms with Gasteiger partial charge in [0.05, 0.1) is 12.1 Å². The largest absolute Gasteiger partial charge is 0.409 e. The lowest BCUT2D eigenvalue weighted by molar-refractivity contribution is 0.145. The average Bonchev–Trinajstić information content (AvgIpc) is 2.48. The highest BCUT2D eigenvalue weighted by Crippen LogP contribution is 2.19. The van der Waals surface area contributed by atoms with Crippen LogP contribution < -0.4 is 5.73 Å². The molecule has 0 amide bonds. The van der Waals surface area contributed by atoms with E-state index in [2.05, 4.69) is 10.1 Å². The Kier molecular flexibility index (Phi) is 3.71. The van der Waals surface area contributed by atoms with Crippen LogP contribution in [0.25, 0.3) is 0 Å². The molecule has 14 heavy (non-hydrogen) atoms. The Morgan fingerprint density at radius 2 is 2.29 bits per heavy atom. The van der Waals surface area contributed by atoms with Crippen LogP contribution in [-0.4, -0.2) is 46.3 Å². The molecule has 0 saturated carbocycles. The van der Waals surface area contributed by atoms with Crippen molar-refractivity contribution in [3.63, 3.8) is 0 Å². The Balaban J connectivity index is 2.63. The first-order chi connectivity index (χ1) is 6.60. The highest BCUT2D eigenvalue weighted by Gasteiger charge is 2.33. The molecule has 1 rings (SSSR count). The molecule has 1 aliphatic rings. The van der Waals surface area contributed by atoms with E-state index in [1.54, 1.807) is 0 Å². The van der Waals surface area contributed by atoms with Crippen LogP contribution in [0.15, 0.2) is 5.16 Å². The molecule has 0 spiro atoms. The monoisotopic (exact) mass is 201 g/mol. The first kappa shape index (κ1) is 11.3. The Morgan fingerprint density at radius 3 is 2.64 bits per heavy atom. The summed E-state index contributed by atoms with van der Waals surface area (Å²) in [7, 11) is 0. The normalized spacial score (nSPS) is 32.1. The molecule has 3 atom stereocenters. The Bertz CT molecular complexity index is 210. The van der Waals surface area contributed by atoms with Crippen LogP contribution in [0.3, 0.4) is 0 Å². The first-order valence-electron chi connectivity index (χ1n) is 4.99. The van der Waals surface area contributed by atoms with Gasteiger partial charge in [-0.15, -0.1) is 0 Å². The van der Waals surface area contributed by atoms with Crippen molar-refractivity contribution in [3.05, 3.63) is 0 Å². The van der Waals surface area contributed by atoms with E-state index in [0.29, 0.717) is 6.54 Å². The molecule has 0 aromatic rings. The summed E-state index contributed by atoms with van der Waals surface area (Å²) in [6.07, 6.45) is 0.491. The number of rotatable bonds is 3. The molecule has 1 aliphatic heterocycles. The van der Waals surface area contributed by atoms with Gasteiger partial charge in [0.1, 0.15) is 0 Å². The third-order valence-electron chi connectivity index (χ3n) is 2.89. The molecule has 5 heteroatoms. The summed E-state index contributed by atoms with van der Waals surface area (Å²) < 4.78 is 0. The number of aliphatic hydroxyl groups excluding tert-OH is 1. The van der Waals surface area contributed by atoms with E-state index in [9.17, 15) is 5.11 Å². The van der Waals surface area contributed by atoms with Crippen molar-refractivity contribution in [2.24, 2.45) is 16.8 Å². The SMILES string of the molecule is CCC(/C(N)=N/O)N1CC(C)C(O)C1. The summed E-state index contributed by atoms with van der Waals surface area (Å²) in [6, 6.07) is -0.0559. The van der Waals surface area contributed by atoms with Crippen molar-refractivity contribution < 1.29 is 10.3 Å². The van der Waals surface area contributed by atoms with Crippen LogP contribution in [-0.2, 0) is 0 Å². The van der Waals surface area contributed by atoms with Gasteiger partial charge in [-0.2, -0.15) is 0 Å². The second kappa shape index (κ2) is 4.61. The third kappa shape index (κ3) is 2.16. The smallest absolute Gasteiger partial charge is 0.156 e. The Hall–Kier alpha value is -0.810. The number of nitrogens with zero attached hydrogens (tertiary/aromatic N) is 2. The van der Waals surface area contributed by atoms with Gasteiger partial charge in [0.25, 0.3) is 0 Å². The van der Waals surface area contributed by atoms with Crippen LogP contribution in [0.2, 0.25) is 0 Å². The molecule has 1 heterocycles. The van der Waals surface area contributed by atoms with E-state index in [1.807, 2.05) is 13.8 Å². The summed E-state index contributed by atoms with van der Waals surface area (Å²) in [5.41, 5.74) is 5.58. The van der Waals surface area contributed by atoms with Crippen molar-refractivity contribution in [2.75, 3.05) is 13.1 Å². The minimum absolute atomic E-state index is 0.0559. The van der Waals surface area contributed by atoms with Gasteiger partial charge in [-0.1, -0.05) is 19.0 Å². The van der Waals surface area contributed by atoms with Crippen LogP contribution in [0, 0.1) is 5.92 Å². The highest BCUT2D eigenvalue weighted by molar-refractivity contribution is 5.85. The fourth-order valence-corrected chi connectivity index (χ4v) is 1.96. The summed E-state index contributed by atoms with van der Waals surface area (Å²) in [4.78, 5) is 2.06. The minimum Gasteiger partial charge on any atom is -0.409 e. The standard InChI is InChI=1S/C9H19N3O2/c1-3-7(9(10)11-14)12-4-6(2)8(13)5-12/h6-8,13-14H,3-5H2,1-2H3,(H2,10,11). The number of likely N-dealkylation sites (tertiary alicyclic amines) is 1. The fourth-order valence-electron chi connectivity index (χ4n) is 1.96. The van der Waals surface area contributed by atoms with Gasteiger partial charge in [-0.05, 0) is 12.3 Å². The van der Waals surface area contributed by atoms with Crippen molar-refractivity contribution in [2.45, 2.75) is 32.4 Å². The first-order valence-corrected chi connectivity index (χ1v) is 4.99. The number of amidine groups is 1. The maximum atomic E-state index is 9.58. The zero-order valence-corrected chi connectivity index (χ0v) is 8.72. The van der Waals surface area contributed by atoms with Gasteiger partial charge in [0.2, 0.25) is 0 Å². The van der Waals surface area contributed by atoms with Crippen molar-refractivity contribution in [1.82, 2.24) is 4.90 Å². The zero-order chi connectivity index (χ0) is 10.7. The van der Waals surface area contributed by atoms with Gasteiger partial charge >= 0.3 is 0 Å². The lowest BCUT2D eigenvalue weighted by atomic mass is 10.1. The Morgan fingerprint density at radius 1 is 1.64 bits per heavy atom. The molecule has 4 N–H and O–H groups in total. The molecular formula is C9H19N3O2. The lowest BCUT2D eigenvalue weighted by Gasteiger charge is -2.25. The Labute approximate surface area is 84.2 Å². The number of β-amino-alcohol motifs (C(OH)–C–C–N with tert-alkyl or cyclic N) is 1. The van der Waals surface area contributed by atoms with Gasteiger partial charge in [-0.3, -0.25) is 4.90 Å². The molecular weight excluding hydrogens is 182 g/mol. The topological polar surface area (TPSA) is 82.1 Å². The minimum atomic E-state index is -0.296. The van der Waals surface area contributed by atoms with Crippen LogP contribution in [0.1, 0.15) is 20.3 Å². The van der Waals surface area contributed by atoms with Crippen molar-refractivity contribution in [3.8, 4) is 0 Å². The zero-order valence-electron chi connectivity index (χ0n) is 8.72. The average molecular weight is 201 g/mol. The molecule has 82 valence electrons. The molecule has 1 saturated heterocycles. The molecule has 0 aromatic carbocycles. The van der Waals surface area contributed by atoms with Crippen molar-refractivity contribution >= 4 is 5.84 Å². The molecule has 1 fully saturated rings.